The van der Waals surface area contributed by atoms with Crippen LogP contribution in [0.15, 0.2) is 177 Å². The van der Waals surface area contributed by atoms with E-state index in [2.05, 4.69) is 15.8 Å². The molecule has 264 valence electrons. The molecule has 0 saturated carbocycles. The van der Waals surface area contributed by atoms with E-state index in [1.807, 2.05) is 18.2 Å². The Bertz CT molecular complexity index is 2250. The topological polar surface area (TPSA) is 125 Å². The van der Waals surface area contributed by atoms with E-state index >= 15 is 0 Å². The fraction of sp³-hybridized carbons (Fsp3) is 0. The Kier molecular flexibility index (Phi) is 10.5. The molecule has 1 heterocycles. The van der Waals surface area contributed by atoms with Crippen LogP contribution in [0.4, 0.5) is 11.4 Å². The van der Waals surface area contributed by atoms with Crippen molar-refractivity contribution in [3.8, 4) is 40.6 Å². The van der Waals surface area contributed by atoms with E-state index in [1.54, 1.807) is 146 Å². The number of rotatable bonds is 12. The van der Waals surface area contributed by atoms with Crippen molar-refractivity contribution in [1.82, 2.24) is 0 Å². The molecular formula is C39H27N6O6P3. The van der Waals surface area contributed by atoms with Crippen LogP contribution in [-0.2, 0) is 0 Å². The van der Waals surface area contributed by atoms with Crippen LogP contribution in [0.2, 0.25) is 0 Å². The van der Waals surface area contributed by atoms with Crippen molar-refractivity contribution in [3.05, 3.63) is 192 Å². The first-order valence-electron chi connectivity index (χ1n) is 16.1. The number of hydrogen-bond acceptors (Lipinski definition) is 10. The van der Waals surface area contributed by atoms with Crippen LogP contribution >= 0.6 is 23.0 Å². The van der Waals surface area contributed by atoms with Gasteiger partial charge in [0.25, 0.3) is 0 Å². The van der Waals surface area contributed by atoms with Gasteiger partial charge in [0, 0.05) is 0 Å². The second kappa shape index (κ2) is 15.9. The van der Waals surface area contributed by atoms with Crippen molar-refractivity contribution in [2.24, 2.45) is 13.5 Å². The highest BCUT2D eigenvalue weighted by Crippen LogP contribution is 2.78. The summed E-state index contributed by atoms with van der Waals surface area (Å²) in [6.07, 6.45) is 0. The highest BCUT2D eigenvalue weighted by molar-refractivity contribution is 7.79. The molecule has 0 radical (unpaired) electrons. The minimum absolute atomic E-state index is 0.270. The zero-order chi connectivity index (χ0) is 37.3. The number of benzene rings is 6. The van der Waals surface area contributed by atoms with Crippen LogP contribution < -0.4 is 27.1 Å². The van der Waals surface area contributed by atoms with Gasteiger partial charge >= 0.3 is 23.0 Å². The maximum Gasteiger partial charge on any atom is 0.460 e. The average Bonchev–Trinajstić information content (AvgIpc) is 3.19. The van der Waals surface area contributed by atoms with Gasteiger partial charge in [0.2, 0.25) is 0 Å². The van der Waals surface area contributed by atoms with Crippen molar-refractivity contribution in [2.75, 3.05) is 0 Å². The molecule has 0 fully saturated rings. The lowest BCUT2D eigenvalue weighted by molar-refractivity contribution is 0.443. The second-order valence-corrected chi connectivity index (χ2v) is 17.3. The van der Waals surface area contributed by atoms with Crippen molar-refractivity contribution in [2.45, 2.75) is 0 Å². The standard InChI is InChI=1S/C39H27N6O6P3/c1-41-32-20-26-38(27-21-32)50-53(47-35-14-8-4-9-15-35)43-52(46-34-12-6-3-7-13-34,49-37-24-18-31(30-40)19-25-37)44-54(45-53,48-36-16-10-5-11-17-36)51-39-28-22-33(42-2)23-29-39/h3-29H. The second-order valence-electron chi connectivity index (χ2n) is 11.1. The zero-order valence-electron chi connectivity index (χ0n) is 28.1. The third kappa shape index (κ3) is 8.66. The maximum absolute atomic E-state index is 9.51. The zero-order valence-corrected chi connectivity index (χ0v) is 30.7. The number of hydrogen-bond donors (Lipinski definition) is 0. The van der Waals surface area contributed by atoms with Gasteiger partial charge < -0.3 is 27.1 Å². The van der Waals surface area contributed by atoms with Gasteiger partial charge in [0.1, 0.15) is 34.5 Å². The normalized spacial score (nSPS) is 19.7. The number of nitrogens with zero attached hydrogens (tertiary/aromatic N) is 6. The average molecular weight is 769 g/mol. The van der Waals surface area contributed by atoms with Crippen molar-refractivity contribution in [1.29, 1.82) is 5.26 Å². The highest BCUT2D eigenvalue weighted by Gasteiger charge is 2.49. The molecule has 1 aliphatic heterocycles. The van der Waals surface area contributed by atoms with Crippen LogP contribution in [0.3, 0.4) is 0 Å². The fourth-order valence-corrected chi connectivity index (χ4v) is 13.8. The Balaban J connectivity index is 1.56. The minimum atomic E-state index is -4.10. The molecule has 3 unspecified atom stereocenters. The first kappa shape index (κ1) is 35.7. The largest absolute Gasteiger partial charge is 0.460 e. The molecule has 6 aromatic carbocycles. The molecule has 54 heavy (non-hydrogen) atoms. The van der Waals surface area contributed by atoms with E-state index in [1.165, 1.54) is 0 Å². The molecule has 6 aromatic rings. The van der Waals surface area contributed by atoms with Gasteiger partial charge in [0.05, 0.1) is 24.8 Å². The van der Waals surface area contributed by atoms with Gasteiger partial charge in [-0.25, -0.2) is 9.69 Å². The Morgan fingerprint density at radius 2 is 0.648 bits per heavy atom. The maximum atomic E-state index is 9.51. The molecule has 1 aliphatic rings. The van der Waals surface area contributed by atoms with Crippen molar-refractivity contribution >= 4 is 34.4 Å². The highest BCUT2D eigenvalue weighted by atomic mass is 31.3. The van der Waals surface area contributed by atoms with Gasteiger partial charge in [0.15, 0.2) is 11.4 Å². The Labute approximate surface area is 312 Å². The SMILES string of the molecule is [C-]#[N+]c1ccc(OP2(Oc3ccccc3)=NP(Oc3ccccc3)(Oc3ccc(C#N)cc3)=NP(Oc3ccccc3)(Oc3ccc([N+]#[C-])cc3)=N2)cc1. The Morgan fingerprint density at radius 1 is 0.389 bits per heavy atom. The minimum Gasteiger partial charge on any atom is -0.413 e. The monoisotopic (exact) mass is 768 g/mol. The van der Waals surface area contributed by atoms with E-state index in [-0.39, 0.29) is 17.2 Å². The summed E-state index contributed by atoms with van der Waals surface area (Å²) >= 11 is 0. The summed E-state index contributed by atoms with van der Waals surface area (Å²) in [5, 5.41) is 9.51. The van der Waals surface area contributed by atoms with Gasteiger partial charge in [-0.05, 0) is 84.9 Å². The predicted molar refractivity (Wildman–Crippen MR) is 208 cm³/mol. The number of nitriles is 1. The van der Waals surface area contributed by atoms with Crippen LogP contribution in [0.25, 0.3) is 9.69 Å². The Morgan fingerprint density at radius 3 is 0.907 bits per heavy atom. The molecule has 12 nitrogen and oxygen atoms in total. The van der Waals surface area contributed by atoms with Crippen LogP contribution in [0.5, 0.6) is 34.5 Å². The van der Waals surface area contributed by atoms with Crippen LogP contribution in [-0.4, -0.2) is 0 Å². The summed E-state index contributed by atoms with van der Waals surface area (Å²) in [6, 6.07) is 48.0. The van der Waals surface area contributed by atoms with E-state index in [4.69, 9.17) is 53.8 Å². The van der Waals surface area contributed by atoms with Crippen LogP contribution in [0, 0.1) is 24.5 Å². The third-order valence-corrected chi connectivity index (χ3v) is 15.3. The lowest BCUT2D eigenvalue weighted by Gasteiger charge is -2.33. The summed E-state index contributed by atoms with van der Waals surface area (Å²) in [5.74, 6) is 1.88. The van der Waals surface area contributed by atoms with Gasteiger partial charge in [-0.15, -0.1) is 0 Å². The van der Waals surface area contributed by atoms with Crippen LogP contribution in [0.1, 0.15) is 5.56 Å². The molecule has 0 bridgehead atoms. The third-order valence-electron chi connectivity index (χ3n) is 7.17. The molecular weight excluding hydrogens is 741 g/mol. The fourth-order valence-electron chi connectivity index (χ4n) is 4.78. The summed E-state index contributed by atoms with van der Waals surface area (Å²) in [5.41, 5.74) is 1.20. The quantitative estimate of drug-likeness (QED) is 0.0896. The Hall–Kier alpha value is -6.72. The predicted octanol–water partition coefficient (Wildman–Crippen LogP) is 13.3. The lowest BCUT2D eigenvalue weighted by Crippen LogP contribution is -2.11. The van der Waals surface area contributed by atoms with Gasteiger partial charge in [-0.3, -0.25) is 0 Å². The first-order chi connectivity index (χ1) is 26.4. The van der Waals surface area contributed by atoms with E-state index in [0.29, 0.717) is 34.2 Å². The molecule has 7 rings (SSSR count). The summed E-state index contributed by atoms with van der Waals surface area (Å²) < 4.78 is 55.7. The molecule has 0 aliphatic carbocycles. The van der Waals surface area contributed by atoms with Gasteiger partial charge in [-0.1, -0.05) is 92.4 Å². The lowest BCUT2D eigenvalue weighted by atomic mass is 10.2. The summed E-state index contributed by atoms with van der Waals surface area (Å²) in [4.78, 5) is 7.01. The smallest absolute Gasteiger partial charge is 0.413 e. The van der Waals surface area contributed by atoms with E-state index in [0.717, 1.165) is 0 Å². The van der Waals surface area contributed by atoms with Gasteiger partial charge in [-0.2, -0.15) is 5.26 Å². The number of para-hydroxylation sites is 3. The molecule has 3 atom stereocenters. The van der Waals surface area contributed by atoms with Crippen molar-refractivity contribution in [3.63, 3.8) is 0 Å². The van der Waals surface area contributed by atoms with E-state index in [9.17, 15) is 5.26 Å². The summed E-state index contributed by atoms with van der Waals surface area (Å²) in [7, 11) is -12.3. The van der Waals surface area contributed by atoms with E-state index < -0.39 is 23.0 Å². The molecule has 15 heteroatoms. The summed E-state index contributed by atoms with van der Waals surface area (Å²) in [6.45, 7) is 14.9. The molecule has 0 spiro atoms. The molecule has 0 N–H and O–H groups in total. The van der Waals surface area contributed by atoms with Crippen molar-refractivity contribution < 1.29 is 27.1 Å². The molecule has 0 aromatic heterocycles. The molecule has 0 amide bonds. The molecule has 0 saturated heterocycles. The first-order valence-corrected chi connectivity index (χ1v) is 20.7.